The molecule has 1 aliphatic heterocycles. The molecule has 1 heterocycles. The predicted molar refractivity (Wildman–Crippen MR) is 60.1 cm³/mol. The molecule has 0 aromatic heterocycles. The van der Waals surface area contributed by atoms with E-state index in [9.17, 15) is 18.3 Å². The van der Waals surface area contributed by atoms with Gasteiger partial charge in [0.25, 0.3) is 0 Å². The fourth-order valence-corrected chi connectivity index (χ4v) is 1.88. The predicted octanol–water partition coefficient (Wildman–Crippen LogP) is 2.52. The first-order valence-corrected chi connectivity index (χ1v) is 5.05. The maximum atomic E-state index is 12.3. The van der Waals surface area contributed by atoms with Crippen molar-refractivity contribution in [2.75, 3.05) is 6.54 Å². The van der Waals surface area contributed by atoms with Crippen LogP contribution in [0.4, 0.5) is 13.2 Å². The highest BCUT2D eigenvalue weighted by Crippen LogP contribution is 2.31. The van der Waals surface area contributed by atoms with E-state index in [2.05, 4.69) is 5.32 Å². The Morgan fingerprint density at radius 3 is 2.18 bits per heavy atom. The van der Waals surface area contributed by atoms with Gasteiger partial charge in [-0.2, -0.15) is 13.2 Å². The van der Waals surface area contributed by atoms with Gasteiger partial charge in [0.1, 0.15) is 0 Å². The van der Waals surface area contributed by atoms with Crippen LogP contribution in [0, 0.1) is 0 Å². The number of rotatable bonds is 1. The second-order valence-electron chi connectivity index (χ2n) is 3.97. The normalized spacial score (nSPS) is 24.5. The molecule has 6 heteroatoms. The van der Waals surface area contributed by atoms with E-state index in [1.807, 2.05) is 0 Å². The van der Waals surface area contributed by atoms with Crippen molar-refractivity contribution in [3.8, 4) is 0 Å². The fraction of sp³-hybridized carbons (Fsp3) is 0.455. The van der Waals surface area contributed by atoms with Gasteiger partial charge in [0, 0.05) is 12.6 Å². The van der Waals surface area contributed by atoms with Crippen molar-refractivity contribution >= 4 is 12.4 Å². The topological polar surface area (TPSA) is 32.3 Å². The summed E-state index contributed by atoms with van der Waals surface area (Å²) in [6, 6.07) is 5.01. The molecule has 17 heavy (non-hydrogen) atoms. The van der Waals surface area contributed by atoms with Crippen molar-refractivity contribution in [1.29, 1.82) is 0 Å². The molecule has 1 aromatic carbocycles. The average molecular weight is 268 g/mol. The van der Waals surface area contributed by atoms with E-state index in [1.54, 1.807) is 0 Å². The molecule has 2 nitrogen and oxygen atoms in total. The molecule has 0 radical (unpaired) electrons. The highest BCUT2D eigenvalue weighted by Gasteiger charge is 2.30. The van der Waals surface area contributed by atoms with Crippen molar-refractivity contribution in [2.45, 2.75) is 24.7 Å². The number of β-amino-alcohol motifs (C(OH)–C–C–N with tert-alkyl or cyclic N) is 1. The van der Waals surface area contributed by atoms with Gasteiger partial charge >= 0.3 is 6.18 Å². The molecule has 0 spiro atoms. The highest BCUT2D eigenvalue weighted by atomic mass is 35.5. The van der Waals surface area contributed by atoms with Gasteiger partial charge in [-0.1, -0.05) is 12.1 Å². The molecule has 0 saturated carbocycles. The van der Waals surface area contributed by atoms with Crippen LogP contribution < -0.4 is 5.32 Å². The van der Waals surface area contributed by atoms with Crippen LogP contribution in [-0.2, 0) is 6.18 Å². The third-order valence-corrected chi connectivity index (χ3v) is 2.75. The zero-order valence-electron chi connectivity index (χ0n) is 8.87. The van der Waals surface area contributed by atoms with Crippen LogP contribution in [0.1, 0.15) is 23.6 Å². The molecule has 1 saturated heterocycles. The molecule has 2 rings (SSSR count). The van der Waals surface area contributed by atoms with Crippen molar-refractivity contribution in [2.24, 2.45) is 0 Å². The maximum Gasteiger partial charge on any atom is 0.416 e. The number of nitrogens with one attached hydrogen (secondary N) is 1. The average Bonchev–Trinajstić information content (AvgIpc) is 2.64. The van der Waals surface area contributed by atoms with Gasteiger partial charge in [-0.05, 0) is 24.1 Å². The van der Waals surface area contributed by atoms with Gasteiger partial charge in [0.2, 0.25) is 0 Å². The third-order valence-electron chi connectivity index (χ3n) is 2.75. The number of benzene rings is 1. The minimum Gasteiger partial charge on any atom is -0.392 e. The standard InChI is InChI=1S/C11H12F3NO.ClH/c12-11(13,14)8-3-1-7(2-4-8)10-5-9(16)6-15-10;/h1-4,9-10,15-16H,5-6H2;1H/t9-,10+;/m0./s1. The van der Waals surface area contributed by atoms with E-state index in [4.69, 9.17) is 0 Å². The lowest BCUT2D eigenvalue weighted by Crippen LogP contribution is -2.15. The molecule has 0 aliphatic carbocycles. The lowest BCUT2D eigenvalue weighted by Gasteiger charge is -2.12. The minimum atomic E-state index is -4.29. The lowest BCUT2D eigenvalue weighted by atomic mass is 10.0. The van der Waals surface area contributed by atoms with Crippen molar-refractivity contribution < 1.29 is 18.3 Å². The molecule has 0 unspecified atom stereocenters. The minimum absolute atomic E-state index is 0. The van der Waals surface area contributed by atoms with Crippen LogP contribution in [-0.4, -0.2) is 17.8 Å². The zero-order chi connectivity index (χ0) is 11.8. The van der Waals surface area contributed by atoms with Crippen LogP contribution in [0.2, 0.25) is 0 Å². The fourth-order valence-electron chi connectivity index (χ4n) is 1.88. The van der Waals surface area contributed by atoms with Gasteiger partial charge in [-0.25, -0.2) is 0 Å². The summed E-state index contributed by atoms with van der Waals surface area (Å²) < 4.78 is 36.9. The monoisotopic (exact) mass is 267 g/mol. The van der Waals surface area contributed by atoms with E-state index in [0.717, 1.165) is 17.7 Å². The van der Waals surface area contributed by atoms with E-state index in [-0.39, 0.29) is 18.4 Å². The highest BCUT2D eigenvalue weighted by molar-refractivity contribution is 5.85. The number of alkyl halides is 3. The number of aliphatic hydroxyl groups is 1. The van der Waals surface area contributed by atoms with Gasteiger partial charge in [-0.3, -0.25) is 0 Å². The first kappa shape index (κ1) is 14.3. The summed E-state index contributed by atoms with van der Waals surface area (Å²) in [5.74, 6) is 0. The quantitative estimate of drug-likeness (QED) is 0.820. The summed E-state index contributed by atoms with van der Waals surface area (Å²) in [4.78, 5) is 0. The lowest BCUT2D eigenvalue weighted by molar-refractivity contribution is -0.137. The smallest absolute Gasteiger partial charge is 0.392 e. The summed E-state index contributed by atoms with van der Waals surface area (Å²) in [5.41, 5.74) is 0.138. The SMILES string of the molecule is Cl.O[C@@H]1CN[C@@H](c2ccc(C(F)(F)F)cc2)C1. The van der Waals surface area contributed by atoms with E-state index >= 15 is 0 Å². The first-order chi connectivity index (χ1) is 7.47. The third kappa shape index (κ3) is 3.34. The zero-order valence-corrected chi connectivity index (χ0v) is 9.68. The van der Waals surface area contributed by atoms with Crippen molar-refractivity contribution in [3.63, 3.8) is 0 Å². The van der Waals surface area contributed by atoms with Crippen LogP contribution in [0.5, 0.6) is 0 Å². The Labute approximate surface area is 103 Å². The Morgan fingerprint density at radius 2 is 1.76 bits per heavy atom. The number of halogens is 4. The van der Waals surface area contributed by atoms with E-state index < -0.39 is 17.8 Å². The van der Waals surface area contributed by atoms with Gasteiger partial charge in [0.15, 0.2) is 0 Å². The van der Waals surface area contributed by atoms with Gasteiger partial charge in [0.05, 0.1) is 11.7 Å². The van der Waals surface area contributed by atoms with Crippen molar-refractivity contribution in [1.82, 2.24) is 5.32 Å². The molecular formula is C11H13ClF3NO. The second kappa shape index (κ2) is 5.25. The molecule has 96 valence electrons. The number of hydrogen-bond acceptors (Lipinski definition) is 2. The molecule has 1 aromatic rings. The Balaban J connectivity index is 0.00000144. The van der Waals surface area contributed by atoms with Gasteiger partial charge < -0.3 is 10.4 Å². The molecule has 1 aliphatic rings. The van der Waals surface area contributed by atoms with Gasteiger partial charge in [-0.15, -0.1) is 12.4 Å². The Bertz CT molecular complexity index is 366. The number of aliphatic hydroxyl groups excluding tert-OH is 1. The second-order valence-corrected chi connectivity index (χ2v) is 3.97. The Morgan fingerprint density at radius 1 is 1.18 bits per heavy atom. The summed E-state index contributed by atoms with van der Waals surface area (Å²) in [6.07, 6.45) is -4.15. The molecule has 2 N–H and O–H groups in total. The van der Waals surface area contributed by atoms with Crippen LogP contribution in [0.3, 0.4) is 0 Å². The largest absolute Gasteiger partial charge is 0.416 e. The summed E-state index contributed by atoms with van der Waals surface area (Å²) >= 11 is 0. The molecule has 2 atom stereocenters. The molecule has 0 bridgehead atoms. The van der Waals surface area contributed by atoms with Crippen LogP contribution in [0.25, 0.3) is 0 Å². The van der Waals surface area contributed by atoms with Crippen LogP contribution >= 0.6 is 12.4 Å². The van der Waals surface area contributed by atoms with Crippen LogP contribution in [0.15, 0.2) is 24.3 Å². The summed E-state index contributed by atoms with van der Waals surface area (Å²) in [7, 11) is 0. The Kier molecular flexibility index (Phi) is 4.41. The molecule has 1 fully saturated rings. The molecule has 0 amide bonds. The molecular weight excluding hydrogens is 255 g/mol. The number of hydrogen-bond donors (Lipinski definition) is 2. The maximum absolute atomic E-state index is 12.3. The van der Waals surface area contributed by atoms with E-state index in [1.165, 1.54) is 12.1 Å². The van der Waals surface area contributed by atoms with Crippen molar-refractivity contribution in [3.05, 3.63) is 35.4 Å². The summed E-state index contributed by atoms with van der Waals surface area (Å²) in [6.45, 7) is 0.492. The summed E-state index contributed by atoms with van der Waals surface area (Å²) in [5, 5.41) is 12.4. The van der Waals surface area contributed by atoms with E-state index in [0.29, 0.717) is 13.0 Å². The first-order valence-electron chi connectivity index (χ1n) is 5.05. The Hall–Kier alpha value is -0.780.